The topological polar surface area (TPSA) is 146 Å². The molecular weight excluding hydrogens is 454 g/mol. The van der Waals surface area contributed by atoms with E-state index >= 15 is 0 Å². The SMILES string of the molecule is CCCCOC(=O)N1CCC1C(=O)Nc1cn2cc(-c3cnc(N)c(OCCOC)n3)ccc2n1. The number of likely N-dealkylation sites (tertiary alicyclic amines) is 1. The normalized spacial score (nSPS) is 15.0. The molecule has 0 aromatic carbocycles. The minimum absolute atomic E-state index is 0.192. The predicted octanol–water partition coefficient (Wildman–Crippen LogP) is 2.35. The average molecular weight is 484 g/mol. The molecule has 4 heterocycles. The molecule has 1 aliphatic heterocycles. The lowest BCUT2D eigenvalue weighted by molar-refractivity contribution is -0.124. The van der Waals surface area contributed by atoms with E-state index in [2.05, 4.69) is 20.3 Å². The second kappa shape index (κ2) is 11.0. The van der Waals surface area contributed by atoms with Gasteiger partial charge in [-0.2, -0.15) is 0 Å². The molecule has 186 valence electrons. The third-order valence-corrected chi connectivity index (χ3v) is 5.57. The maximum atomic E-state index is 12.7. The molecule has 1 unspecified atom stereocenters. The number of anilines is 2. The van der Waals surface area contributed by atoms with Gasteiger partial charge in [0.1, 0.15) is 18.3 Å². The Hall–Kier alpha value is -3.93. The van der Waals surface area contributed by atoms with Crippen LogP contribution in [0.15, 0.2) is 30.7 Å². The molecule has 1 fully saturated rings. The maximum absolute atomic E-state index is 12.7. The van der Waals surface area contributed by atoms with Crippen molar-refractivity contribution in [3.05, 3.63) is 30.7 Å². The fourth-order valence-corrected chi connectivity index (χ4v) is 3.53. The van der Waals surface area contributed by atoms with Crippen molar-refractivity contribution in [2.75, 3.05) is 44.5 Å². The number of ether oxygens (including phenoxy) is 3. The van der Waals surface area contributed by atoms with Crippen LogP contribution in [0.4, 0.5) is 16.4 Å². The number of hydrogen-bond acceptors (Lipinski definition) is 9. The molecule has 4 rings (SSSR count). The van der Waals surface area contributed by atoms with Gasteiger partial charge in [-0.05, 0) is 25.0 Å². The first-order valence-electron chi connectivity index (χ1n) is 11.5. The fourth-order valence-electron chi connectivity index (χ4n) is 3.53. The molecule has 12 heteroatoms. The maximum Gasteiger partial charge on any atom is 0.410 e. The van der Waals surface area contributed by atoms with Crippen LogP contribution in [0.2, 0.25) is 0 Å². The number of carbonyl (C=O) groups excluding carboxylic acids is 2. The summed E-state index contributed by atoms with van der Waals surface area (Å²) in [5, 5.41) is 2.79. The molecule has 0 bridgehead atoms. The van der Waals surface area contributed by atoms with Gasteiger partial charge < -0.3 is 29.7 Å². The molecule has 2 amide bonds. The lowest BCUT2D eigenvalue weighted by Gasteiger charge is -2.38. The highest BCUT2D eigenvalue weighted by Gasteiger charge is 2.38. The number of nitrogens with one attached hydrogen (secondary N) is 1. The third-order valence-electron chi connectivity index (χ3n) is 5.57. The Morgan fingerprint density at radius 2 is 2.06 bits per heavy atom. The molecule has 1 saturated heterocycles. The molecule has 1 atom stereocenters. The number of aromatic nitrogens is 4. The van der Waals surface area contributed by atoms with E-state index in [0.29, 0.717) is 49.9 Å². The molecule has 3 aromatic heterocycles. The van der Waals surface area contributed by atoms with Gasteiger partial charge in [0.2, 0.25) is 5.91 Å². The molecule has 0 radical (unpaired) electrons. The van der Waals surface area contributed by atoms with Gasteiger partial charge in [0.15, 0.2) is 11.6 Å². The van der Waals surface area contributed by atoms with Crippen molar-refractivity contribution in [2.24, 2.45) is 0 Å². The van der Waals surface area contributed by atoms with Crippen molar-refractivity contribution >= 4 is 29.3 Å². The van der Waals surface area contributed by atoms with Crippen LogP contribution in [0.1, 0.15) is 26.2 Å². The Bertz CT molecular complexity index is 1200. The number of carbonyl (C=O) groups is 2. The minimum Gasteiger partial charge on any atom is -0.473 e. The van der Waals surface area contributed by atoms with E-state index in [9.17, 15) is 9.59 Å². The Labute approximate surface area is 202 Å². The smallest absolute Gasteiger partial charge is 0.410 e. The van der Waals surface area contributed by atoms with E-state index in [1.165, 1.54) is 4.90 Å². The predicted molar refractivity (Wildman–Crippen MR) is 128 cm³/mol. The van der Waals surface area contributed by atoms with Gasteiger partial charge in [0.05, 0.1) is 31.3 Å². The van der Waals surface area contributed by atoms with Crippen molar-refractivity contribution in [3.63, 3.8) is 0 Å². The molecule has 3 N–H and O–H groups in total. The van der Waals surface area contributed by atoms with Crippen LogP contribution in [0.5, 0.6) is 5.88 Å². The Morgan fingerprint density at radius 1 is 1.20 bits per heavy atom. The number of pyridine rings is 1. The third kappa shape index (κ3) is 5.60. The van der Waals surface area contributed by atoms with E-state index < -0.39 is 12.1 Å². The average Bonchev–Trinajstić information content (AvgIpc) is 3.21. The van der Waals surface area contributed by atoms with E-state index in [1.54, 1.807) is 30.0 Å². The molecule has 0 saturated carbocycles. The summed E-state index contributed by atoms with van der Waals surface area (Å²) in [6.45, 7) is 3.58. The number of hydrogen-bond donors (Lipinski definition) is 2. The summed E-state index contributed by atoms with van der Waals surface area (Å²) in [6, 6.07) is 3.08. The van der Waals surface area contributed by atoms with Crippen LogP contribution in [0.3, 0.4) is 0 Å². The number of nitrogens with two attached hydrogens (primary N) is 1. The Morgan fingerprint density at radius 3 is 2.80 bits per heavy atom. The van der Waals surface area contributed by atoms with Gasteiger partial charge in [-0.3, -0.25) is 9.69 Å². The fraction of sp³-hybridized carbons (Fsp3) is 0.435. The molecule has 35 heavy (non-hydrogen) atoms. The van der Waals surface area contributed by atoms with Gasteiger partial charge in [0, 0.05) is 25.4 Å². The molecule has 1 aliphatic rings. The van der Waals surface area contributed by atoms with E-state index in [1.807, 2.05) is 19.2 Å². The highest BCUT2D eigenvalue weighted by Crippen LogP contribution is 2.25. The number of methoxy groups -OCH3 is 1. The van der Waals surface area contributed by atoms with Gasteiger partial charge in [-0.15, -0.1) is 0 Å². The van der Waals surface area contributed by atoms with Gasteiger partial charge in [-0.1, -0.05) is 13.3 Å². The largest absolute Gasteiger partial charge is 0.473 e. The number of nitrogen functional groups attached to an aromatic ring is 1. The first kappa shape index (κ1) is 24.2. The summed E-state index contributed by atoms with van der Waals surface area (Å²) in [4.78, 5) is 39.4. The molecule has 0 spiro atoms. The summed E-state index contributed by atoms with van der Waals surface area (Å²) < 4.78 is 17.5. The summed E-state index contributed by atoms with van der Waals surface area (Å²) >= 11 is 0. The standard InChI is InChI=1S/C23H29N7O5/c1-3-4-9-35-23(32)30-8-7-17(30)21(31)28-18-14-29-13-15(5-6-19(29)27-18)16-12-25-20(24)22(26-16)34-11-10-33-2/h5-6,12-14,17H,3-4,7-11H2,1-2H3,(H2,24,25)(H,28,31). The zero-order chi connectivity index (χ0) is 24.8. The highest BCUT2D eigenvalue weighted by atomic mass is 16.6. The summed E-state index contributed by atoms with van der Waals surface area (Å²) in [7, 11) is 1.58. The van der Waals surface area contributed by atoms with E-state index in [0.717, 1.165) is 18.4 Å². The number of imidazole rings is 1. The van der Waals surface area contributed by atoms with Gasteiger partial charge in [0.25, 0.3) is 5.88 Å². The monoisotopic (exact) mass is 483 g/mol. The van der Waals surface area contributed by atoms with Crippen LogP contribution >= 0.6 is 0 Å². The Kier molecular flexibility index (Phi) is 7.60. The highest BCUT2D eigenvalue weighted by molar-refractivity contribution is 5.97. The van der Waals surface area contributed by atoms with E-state index in [4.69, 9.17) is 19.9 Å². The zero-order valence-corrected chi connectivity index (χ0v) is 19.8. The summed E-state index contributed by atoms with van der Waals surface area (Å²) in [5.41, 5.74) is 7.82. The second-order valence-electron chi connectivity index (χ2n) is 8.05. The van der Waals surface area contributed by atoms with Crippen LogP contribution in [0.25, 0.3) is 16.9 Å². The number of amides is 2. The van der Waals surface area contributed by atoms with Crippen molar-refractivity contribution in [1.82, 2.24) is 24.3 Å². The van der Waals surface area contributed by atoms with E-state index in [-0.39, 0.29) is 17.6 Å². The molecule has 0 aliphatic carbocycles. The lowest BCUT2D eigenvalue weighted by Crippen LogP contribution is -2.57. The van der Waals surface area contributed by atoms with Crippen molar-refractivity contribution < 1.29 is 23.8 Å². The Balaban J connectivity index is 1.43. The van der Waals surface area contributed by atoms with Crippen LogP contribution < -0.4 is 15.8 Å². The zero-order valence-electron chi connectivity index (χ0n) is 19.8. The van der Waals surface area contributed by atoms with Crippen LogP contribution in [-0.4, -0.2) is 75.8 Å². The van der Waals surface area contributed by atoms with Gasteiger partial charge >= 0.3 is 6.09 Å². The molecular formula is C23H29N7O5. The molecule has 3 aromatic rings. The number of unbranched alkanes of at least 4 members (excludes halogenated alkanes) is 1. The minimum atomic E-state index is -0.564. The number of rotatable bonds is 10. The van der Waals surface area contributed by atoms with Crippen molar-refractivity contribution in [3.8, 4) is 17.1 Å². The number of nitrogens with zero attached hydrogens (tertiary/aromatic N) is 5. The first-order chi connectivity index (χ1) is 17.0. The van der Waals surface area contributed by atoms with Crippen molar-refractivity contribution in [2.45, 2.75) is 32.2 Å². The molecule has 12 nitrogen and oxygen atoms in total. The van der Waals surface area contributed by atoms with Crippen LogP contribution in [-0.2, 0) is 14.3 Å². The lowest BCUT2D eigenvalue weighted by atomic mass is 10.0. The number of fused-ring (bicyclic) bond motifs is 1. The second-order valence-corrected chi connectivity index (χ2v) is 8.05. The summed E-state index contributed by atoms with van der Waals surface area (Å²) in [5.74, 6) is 0.509. The van der Waals surface area contributed by atoms with Gasteiger partial charge in [-0.25, -0.2) is 19.7 Å². The quantitative estimate of drug-likeness (QED) is 0.415. The first-order valence-corrected chi connectivity index (χ1v) is 11.5. The van der Waals surface area contributed by atoms with Crippen LogP contribution in [0, 0.1) is 0 Å². The summed E-state index contributed by atoms with van der Waals surface area (Å²) in [6.07, 6.45) is 6.92. The van der Waals surface area contributed by atoms with Crippen molar-refractivity contribution in [1.29, 1.82) is 0 Å².